The number of aryl methyl sites for hydroxylation is 1. The largest absolute Gasteiger partial charge is 0.354 e. The van der Waals surface area contributed by atoms with Crippen LogP contribution in [-0.4, -0.2) is 68.1 Å². The Balaban J connectivity index is 1.51. The van der Waals surface area contributed by atoms with Crippen LogP contribution in [-0.2, 0) is 22.7 Å². The SMILES string of the molecule is CCCC(=O)NC[C@H]1[C@H]2C[C@H](CN(Cc3ncnn3CC)C2)[C@@H]2CCCC(=O)N21. The van der Waals surface area contributed by atoms with Gasteiger partial charge < -0.3 is 10.2 Å². The molecule has 0 aromatic carbocycles. The van der Waals surface area contributed by atoms with E-state index in [1.165, 1.54) is 0 Å². The molecule has 0 saturated carbocycles. The van der Waals surface area contributed by atoms with E-state index in [4.69, 9.17) is 0 Å². The zero-order valence-electron chi connectivity index (χ0n) is 17.7. The van der Waals surface area contributed by atoms with Crippen LogP contribution in [0, 0.1) is 11.8 Å². The van der Waals surface area contributed by atoms with Crippen LogP contribution in [0.4, 0.5) is 0 Å². The highest BCUT2D eigenvalue weighted by Gasteiger charge is 2.49. The first-order valence-electron chi connectivity index (χ1n) is 11.3. The average molecular weight is 403 g/mol. The van der Waals surface area contributed by atoms with Gasteiger partial charge in [0.05, 0.1) is 12.6 Å². The number of nitrogens with zero attached hydrogens (tertiary/aromatic N) is 5. The molecule has 1 aromatic rings. The number of amides is 2. The fourth-order valence-electron chi connectivity index (χ4n) is 5.67. The first-order chi connectivity index (χ1) is 14.1. The molecular weight excluding hydrogens is 368 g/mol. The molecule has 4 rings (SSSR count). The average Bonchev–Trinajstić information content (AvgIpc) is 3.15. The van der Waals surface area contributed by atoms with E-state index in [0.717, 1.165) is 57.7 Å². The van der Waals surface area contributed by atoms with Gasteiger partial charge in [-0.3, -0.25) is 14.5 Å². The van der Waals surface area contributed by atoms with Gasteiger partial charge in [0.25, 0.3) is 0 Å². The molecule has 3 aliphatic rings. The van der Waals surface area contributed by atoms with Gasteiger partial charge in [0.2, 0.25) is 11.8 Å². The van der Waals surface area contributed by atoms with Crippen molar-refractivity contribution in [1.82, 2.24) is 29.9 Å². The zero-order chi connectivity index (χ0) is 20.4. The van der Waals surface area contributed by atoms with Gasteiger partial charge in [0, 0.05) is 45.1 Å². The van der Waals surface area contributed by atoms with Crippen LogP contribution in [0.2, 0.25) is 0 Å². The predicted molar refractivity (Wildman–Crippen MR) is 109 cm³/mol. The van der Waals surface area contributed by atoms with E-state index in [9.17, 15) is 9.59 Å². The van der Waals surface area contributed by atoms with Gasteiger partial charge in [-0.25, -0.2) is 9.67 Å². The summed E-state index contributed by atoms with van der Waals surface area (Å²) in [6, 6.07) is 0.420. The molecule has 1 aromatic heterocycles. The molecule has 1 N–H and O–H groups in total. The lowest BCUT2D eigenvalue weighted by Crippen LogP contribution is -2.67. The van der Waals surface area contributed by atoms with E-state index in [-0.39, 0.29) is 17.9 Å². The first kappa shape index (κ1) is 20.3. The van der Waals surface area contributed by atoms with Crippen molar-refractivity contribution in [3.8, 4) is 0 Å². The fourth-order valence-corrected chi connectivity index (χ4v) is 5.67. The summed E-state index contributed by atoms with van der Waals surface area (Å²) in [6.45, 7) is 8.27. The smallest absolute Gasteiger partial charge is 0.223 e. The van der Waals surface area contributed by atoms with E-state index >= 15 is 0 Å². The van der Waals surface area contributed by atoms with Gasteiger partial charge in [-0.15, -0.1) is 0 Å². The van der Waals surface area contributed by atoms with Crippen LogP contribution in [0.1, 0.15) is 58.2 Å². The molecule has 160 valence electrons. The second kappa shape index (κ2) is 8.81. The molecule has 8 nitrogen and oxygen atoms in total. The number of piperidine rings is 3. The molecule has 2 bridgehead atoms. The van der Waals surface area contributed by atoms with Gasteiger partial charge in [-0.1, -0.05) is 6.92 Å². The van der Waals surface area contributed by atoms with Crippen LogP contribution in [0.3, 0.4) is 0 Å². The van der Waals surface area contributed by atoms with Crippen molar-refractivity contribution in [2.45, 2.75) is 77.5 Å². The molecule has 4 atom stereocenters. The number of fused-ring (bicyclic) bond motifs is 4. The van der Waals surface area contributed by atoms with Crippen LogP contribution >= 0.6 is 0 Å². The number of nitrogens with one attached hydrogen (secondary N) is 1. The maximum absolute atomic E-state index is 12.8. The maximum atomic E-state index is 12.8. The second-order valence-corrected chi connectivity index (χ2v) is 8.82. The van der Waals surface area contributed by atoms with E-state index in [0.29, 0.717) is 37.3 Å². The first-order valence-corrected chi connectivity index (χ1v) is 11.3. The maximum Gasteiger partial charge on any atom is 0.223 e. The summed E-state index contributed by atoms with van der Waals surface area (Å²) in [5.74, 6) is 2.30. The molecule has 8 heteroatoms. The Morgan fingerprint density at radius 3 is 2.90 bits per heavy atom. The van der Waals surface area contributed by atoms with Crippen molar-refractivity contribution in [1.29, 1.82) is 0 Å². The third-order valence-electron chi connectivity index (χ3n) is 6.92. The Morgan fingerprint density at radius 2 is 2.10 bits per heavy atom. The number of carbonyl (C=O) groups is 2. The quantitative estimate of drug-likeness (QED) is 0.746. The minimum atomic E-state index is 0.0966. The van der Waals surface area contributed by atoms with E-state index in [2.05, 4.69) is 32.1 Å². The van der Waals surface area contributed by atoms with Crippen molar-refractivity contribution >= 4 is 11.8 Å². The molecule has 0 aliphatic carbocycles. The Labute approximate surface area is 173 Å². The molecule has 0 radical (unpaired) electrons. The third-order valence-corrected chi connectivity index (χ3v) is 6.92. The molecule has 4 heterocycles. The Morgan fingerprint density at radius 1 is 1.28 bits per heavy atom. The Bertz CT molecular complexity index is 735. The second-order valence-electron chi connectivity index (χ2n) is 8.82. The van der Waals surface area contributed by atoms with E-state index in [1.54, 1.807) is 6.33 Å². The van der Waals surface area contributed by atoms with Gasteiger partial charge >= 0.3 is 0 Å². The molecule has 29 heavy (non-hydrogen) atoms. The van der Waals surface area contributed by atoms with Crippen molar-refractivity contribution in [2.24, 2.45) is 11.8 Å². The molecular formula is C21H34N6O2. The summed E-state index contributed by atoms with van der Waals surface area (Å²) in [5.41, 5.74) is 0. The fraction of sp³-hybridized carbons (Fsp3) is 0.810. The van der Waals surface area contributed by atoms with Gasteiger partial charge in [-0.05, 0) is 44.4 Å². The molecule has 0 unspecified atom stereocenters. The summed E-state index contributed by atoms with van der Waals surface area (Å²) >= 11 is 0. The van der Waals surface area contributed by atoms with Crippen molar-refractivity contribution in [2.75, 3.05) is 19.6 Å². The summed E-state index contributed by atoms with van der Waals surface area (Å²) in [5, 5.41) is 7.42. The van der Waals surface area contributed by atoms with Crippen molar-refractivity contribution in [3.05, 3.63) is 12.2 Å². The number of hydrogen-bond donors (Lipinski definition) is 1. The number of carbonyl (C=O) groups excluding carboxylic acids is 2. The summed E-state index contributed by atoms with van der Waals surface area (Å²) in [4.78, 5) is 34.1. The lowest BCUT2D eigenvalue weighted by Gasteiger charge is -2.56. The zero-order valence-corrected chi connectivity index (χ0v) is 17.7. The number of likely N-dealkylation sites (tertiary alicyclic amines) is 1. The molecule has 3 saturated heterocycles. The van der Waals surface area contributed by atoms with Gasteiger partial charge in [-0.2, -0.15) is 5.10 Å². The van der Waals surface area contributed by atoms with Crippen LogP contribution < -0.4 is 5.32 Å². The minimum Gasteiger partial charge on any atom is -0.354 e. The Hall–Kier alpha value is -1.96. The highest BCUT2D eigenvalue weighted by Crippen LogP contribution is 2.41. The normalized spacial score (nSPS) is 29.6. The third kappa shape index (κ3) is 4.17. The van der Waals surface area contributed by atoms with E-state index in [1.807, 2.05) is 11.6 Å². The lowest BCUT2D eigenvalue weighted by atomic mass is 9.72. The van der Waals surface area contributed by atoms with Crippen LogP contribution in [0.15, 0.2) is 6.33 Å². The molecule has 3 aliphatic heterocycles. The van der Waals surface area contributed by atoms with E-state index < -0.39 is 0 Å². The van der Waals surface area contributed by atoms with Crippen molar-refractivity contribution < 1.29 is 9.59 Å². The van der Waals surface area contributed by atoms with Crippen molar-refractivity contribution in [3.63, 3.8) is 0 Å². The van der Waals surface area contributed by atoms with Gasteiger partial charge in [0.1, 0.15) is 12.2 Å². The van der Waals surface area contributed by atoms with Gasteiger partial charge in [0.15, 0.2) is 0 Å². The minimum absolute atomic E-state index is 0.0966. The van der Waals surface area contributed by atoms with Crippen LogP contribution in [0.5, 0.6) is 0 Å². The topological polar surface area (TPSA) is 83.4 Å². The molecule has 2 amide bonds. The monoisotopic (exact) mass is 402 g/mol. The Kier molecular flexibility index (Phi) is 6.18. The lowest BCUT2D eigenvalue weighted by molar-refractivity contribution is -0.153. The summed E-state index contributed by atoms with van der Waals surface area (Å²) in [6.07, 6.45) is 6.91. The highest BCUT2D eigenvalue weighted by atomic mass is 16.2. The highest BCUT2D eigenvalue weighted by molar-refractivity contribution is 5.78. The molecule has 0 spiro atoms. The summed E-state index contributed by atoms with van der Waals surface area (Å²) in [7, 11) is 0. The standard InChI is InChI=1S/C21H34N6O2/c1-3-6-20(28)22-10-18-16-9-15(17-7-5-8-21(29)27(17)18)11-25(12-16)13-19-23-14-24-26(19)4-2/h14-18H,3-13H2,1-2H3,(H,22,28)/t15-,16+,17+,18+/m1/s1. The number of aromatic nitrogens is 3. The number of rotatable bonds is 7. The predicted octanol–water partition coefficient (Wildman–Crippen LogP) is 1.42. The number of hydrogen-bond acceptors (Lipinski definition) is 5. The summed E-state index contributed by atoms with van der Waals surface area (Å²) < 4.78 is 1.96. The van der Waals surface area contributed by atoms with Crippen LogP contribution in [0.25, 0.3) is 0 Å². The molecule has 3 fully saturated rings.